The van der Waals surface area contributed by atoms with Crippen molar-refractivity contribution in [3.05, 3.63) is 59.0 Å². The Bertz CT molecular complexity index is 1230. The molecule has 1 fully saturated rings. The summed E-state index contributed by atoms with van der Waals surface area (Å²) in [5, 5.41) is 9.95. The van der Waals surface area contributed by atoms with Gasteiger partial charge in [-0.3, -0.25) is 14.4 Å². The van der Waals surface area contributed by atoms with E-state index in [0.717, 1.165) is 24.2 Å². The number of nitrogens with zero attached hydrogens (tertiary/aromatic N) is 4. The SMILES string of the molecule is CN1CC(NC(=O)c2cc(C(=O)NCc3ccc4c(c3)CC(=O)CO4)nc3ccnn23)C1. The Labute approximate surface area is 183 Å². The number of likely N-dealkylation sites (tertiary alicyclic amines) is 1. The van der Waals surface area contributed by atoms with E-state index in [9.17, 15) is 14.4 Å². The smallest absolute Gasteiger partial charge is 0.270 e. The molecule has 0 unspecified atom stereocenters. The Morgan fingerprint density at radius 3 is 2.84 bits per heavy atom. The maximum atomic E-state index is 12.8. The number of ketones is 1. The number of carbonyl (C=O) groups excluding carboxylic acids is 3. The van der Waals surface area contributed by atoms with Crippen LogP contribution in [0.1, 0.15) is 32.1 Å². The number of rotatable bonds is 5. The highest BCUT2D eigenvalue weighted by Crippen LogP contribution is 2.24. The summed E-state index contributed by atoms with van der Waals surface area (Å²) in [4.78, 5) is 43.7. The molecule has 0 bridgehead atoms. The highest BCUT2D eigenvalue weighted by molar-refractivity contribution is 5.98. The second-order valence-electron chi connectivity index (χ2n) is 8.15. The van der Waals surface area contributed by atoms with E-state index >= 15 is 0 Å². The van der Waals surface area contributed by atoms with E-state index < -0.39 is 5.91 Å². The highest BCUT2D eigenvalue weighted by atomic mass is 16.5. The van der Waals surface area contributed by atoms with Crippen LogP contribution in [0.2, 0.25) is 0 Å². The van der Waals surface area contributed by atoms with E-state index in [1.807, 2.05) is 19.2 Å². The fourth-order valence-corrected chi connectivity index (χ4v) is 3.96. The van der Waals surface area contributed by atoms with Crippen LogP contribution < -0.4 is 15.4 Å². The molecule has 3 aromatic rings. The number of carbonyl (C=O) groups is 3. The molecule has 4 heterocycles. The molecule has 2 aromatic heterocycles. The number of hydrogen-bond acceptors (Lipinski definition) is 7. The van der Waals surface area contributed by atoms with Crippen LogP contribution in [-0.4, -0.2) is 69.9 Å². The Balaban J connectivity index is 1.32. The Morgan fingerprint density at radius 1 is 1.19 bits per heavy atom. The third-order valence-electron chi connectivity index (χ3n) is 5.58. The molecule has 0 spiro atoms. The minimum Gasteiger partial charge on any atom is -0.486 e. The van der Waals surface area contributed by atoms with E-state index in [4.69, 9.17) is 4.74 Å². The summed E-state index contributed by atoms with van der Waals surface area (Å²) in [6, 6.07) is 8.67. The van der Waals surface area contributed by atoms with Crippen molar-refractivity contribution in [3.8, 4) is 5.75 Å². The summed E-state index contributed by atoms with van der Waals surface area (Å²) in [6.45, 7) is 1.91. The van der Waals surface area contributed by atoms with E-state index in [2.05, 4.69) is 25.6 Å². The molecular weight excluding hydrogens is 412 g/mol. The van der Waals surface area contributed by atoms with Crippen LogP contribution in [0.15, 0.2) is 36.5 Å². The normalized spacial score (nSPS) is 16.2. The van der Waals surface area contributed by atoms with Crippen LogP contribution in [-0.2, 0) is 17.8 Å². The molecule has 2 N–H and O–H groups in total. The first-order valence-electron chi connectivity index (χ1n) is 10.3. The summed E-state index contributed by atoms with van der Waals surface area (Å²) in [5.41, 5.74) is 2.45. The zero-order valence-corrected chi connectivity index (χ0v) is 17.5. The molecule has 10 nitrogen and oxygen atoms in total. The first-order valence-corrected chi connectivity index (χ1v) is 10.3. The van der Waals surface area contributed by atoms with Crippen LogP contribution in [0.3, 0.4) is 0 Å². The number of likely N-dealkylation sites (N-methyl/N-ethyl adjacent to an activating group) is 1. The van der Waals surface area contributed by atoms with Gasteiger partial charge in [-0.1, -0.05) is 6.07 Å². The first-order chi connectivity index (χ1) is 15.5. The first kappa shape index (κ1) is 20.1. The second kappa shape index (κ2) is 8.04. The zero-order valence-electron chi connectivity index (χ0n) is 17.5. The molecule has 1 saturated heterocycles. The van der Waals surface area contributed by atoms with Gasteiger partial charge in [-0.25, -0.2) is 9.50 Å². The minimum atomic E-state index is -0.406. The van der Waals surface area contributed by atoms with Crippen LogP contribution in [0.25, 0.3) is 5.65 Å². The van der Waals surface area contributed by atoms with Crippen molar-refractivity contribution in [3.63, 3.8) is 0 Å². The van der Waals surface area contributed by atoms with Crippen molar-refractivity contribution in [1.29, 1.82) is 0 Å². The summed E-state index contributed by atoms with van der Waals surface area (Å²) in [7, 11) is 1.98. The molecule has 1 aromatic carbocycles. The highest BCUT2D eigenvalue weighted by Gasteiger charge is 2.27. The standard InChI is InChI=1S/C22H22N6O4/c1-27-10-15(11-27)25-22(31)18-8-17(26-20-4-5-24-28(18)20)21(30)23-9-13-2-3-19-14(6-13)7-16(29)12-32-19/h2-6,8,15H,7,9-12H2,1H3,(H,23,30)(H,25,31). The second-order valence-corrected chi connectivity index (χ2v) is 8.15. The van der Waals surface area contributed by atoms with E-state index in [-0.39, 0.29) is 42.3 Å². The molecule has 2 amide bonds. The number of benzene rings is 1. The van der Waals surface area contributed by atoms with Crippen LogP contribution in [0.5, 0.6) is 5.75 Å². The van der Waals surface area contributed by atoms with Gasteiger partial charge in [0, 0.05) is 43.8 Å². The fraction of sp³-hybridized carbons (Fsp3) is 0.318. The van der Waals surface area contributed by atoms with Gasteiger partial charge in [0.25, 0.3) is 11.8 Å². The molecule has 0 aliphatic carbocycles. The third kappa shape index (κ3) is 3.92. The number of aromatic nitrogens is 3. The number of hydrogen-bond donors (Lipinski definition) is 2. The summed E-state index contributed by atoms with van der Waals surface area (Å²) in [6.07, 6.45) is 1.86. The summed E-state index contributed by atoms with van der Waals surface area (Å²) >= 11 is 0. The lowest BCUT2D eigenvalue weighted by atomic mass is 10.0. The van der Waals surface area contributed by atoms with E-state index in [1.165, 1.54) is 16.8 Å². The zero-order chi connectivity index (χ0) is 22.2. The van der Waals surface area contributed by atoms with Gasteiger partial charge < -0.3 is 20.3 Å². The van der Waals surface area contributed by atoms with E-state index in [0.29, 0.717) is 17.8 Å². The lowest BCUT2D eigenvalue weighted by Crippen LogP contribution is -2.57. The summed E-state index contributed by atoms with van der Waals surface area (Å²) in [5.74, 6) is 0.0148. The van der Waals surface area contributed by atoms with Crippen LogP contribution in [0.4, 0.5) is 0 Å². The average Bonchev–Trinajstić information content (AvgIpc) is 3.24. The number of Topliss-reactive ketones (excluding diaryl/α,β-unsaturated/α-hetero) is 1. The monoisotopic (exact) mass is 434 g/mol. The number of ether oxygens (including phenoxy) is 1. The van der Waals surface area contributed by atoms with Gasteiger partial charge >= 0.3 is 0 Å². The van der Waals surface area contributed by atoms with Crippen molar-refractivity contribution < 1.29 is 19.1 Å². The Hall–Kier alpha value is -3.79. The van der Waals surface area contributed by atoms with Crippen molar-refractivity contribution in [2.45, 2.75) is 19.0 Å². The summed E-state index contributed by atoms with van der Waals surface area (Å²) < 4.78 is 6.83. The Morgan fingerprint density at radius 2 is 2.03 bits per heavy atom. The minimum absolute atomic E-state index is 0.0244. The topological polar surface area (TPSA) is 118 Å². The number of fused-ring (bicyclic) bond motifs is 2. The van der Waals surface area contributed by atoms with Gasteiger partial charge in [0.15, 0.2) is 11.4 Å². The van der Waals surface area contributed by atoms with Crippen LogP contribution >= 0.6 is 0 Å². The van der Waals surface area contributed by atoms with Gasteiger partial charge in [0.2, 0.25) is 0 Å². The van der Waals surface area contributed by atoms with Gasteiger partial charge in [-0.05, 0) is 24.7 Å². The van der Waals surface area contributed by atoms with Crippen molar-refractivity contribution in [2.75, 3.05) is 26.7 Å². The van der Waals surface area contributed by atoms with Crippen molar-refractivity contribution in [2.24, 2.45) is 0 Å². The Kier molecular flexibility index (Phi) is 5.06. The number of amides is 2. The lowest BCUT2D eigenvalue weighted by molar-refractivity contribution is -0.121. The molecule has 10 heteroatoms. The fourth-order valence-electron chi connectivity index (χ4n) is 3.96. The predicted molar refractivity (Wildman–Crippen MR) is 114 cm³/mol. The third-order valence-corrected chi connectivity index (χ3v) is 5.58. The van der Waals surface area contributed by atoms with Crippen LogP contribution in [0, 0.1) is 0 Å². The number of nitrogens with one attached hydrogen (secondary N) is 2. The molecule has 0 saturated carbocycles. The molecule has 164 valence electrons. The van der Waals surface area contributed by atoms with Crippen molar-refractivity contribution in [1.82, 2.24) is 30.1 Å². The molecule has 5 rings (SSSR count). The molecule has 2 aliphatic rings. The van der Waals surface area contributed by atoms with Gasteiger partial charge in [0.1, 0.15) is 23.7 Å². The lowest BCUT2D eigenvalue weighted by Gasteiger charge is -2.36. The largest absolute Gasteiger partial charge is 0.486 e. The van der Waals surface area contributed by atoms with Gasteiger partial charge in [-0.15, -0.1) is 0 Å². The maximum absolute atomic E-state index is 12.8. The van der Waals surface area contributed by atoms with E-state index in [1.54, 1.807) is 12.1 Å². The van der Waals surface area contributed by atoms with Gasteiger partial charge in [-0.2, -0.15) is 5.10 Å². The predicted octanol–water partition coefficient (Wildman–Crippen LogP) is 0.207. The van der Waals surface area contributed by atoms with Crippen molar-refractivity contribution >= 4 is 23.2 Å². The molecular formula is C22H22N6O4. The maximum Gasteiger partial charge on any atom is 0.270 e. The average molecular weight is 434 g/mol. The quantitative estimate of drug-likeness (QED) is 0.589. The molecule has 2 aliphatic heterocycles. The van der Waals surface area contributed by atoms with Gasteiger partial charge in [0.05, 0.1) is 12.2 Å². The molecule has 0 radical (unpaired) electrons. The molecule has 0 atom stereocenters. The molecule has 32 heavy (non-hydrogen) atoms.